The molecular weight excluding hydrogens is 372 g/mol. The van der Waals surface area contributed by atoms with E-state index in [9.17, 15) is 0 Å². The first-order valence-electron chi connectivity index (χ1n) is 9.50. The quantitative estimate of drug-likeness (QED) is 0.339. The number of hydrogen-bond acceptors (Lipinski definition) is 6. The van der Waals surface area contributed by atoms with Crippen molar-refractivity contribution < 1.29 is 18.9 Å². The summed E-state index contributed by atoms with van der Waals surface area (Å²) in [5, 5.41) is 6.58. The second kappa shape index (κ2) is 12.5. The Balaban J connectivity index is 2.05. The van der Waals surface area contributed by atoms with E-state index in [0.29, 0.717) is 38.1 Å². The molecule has 2 rings (SSSR count). The Bertz CT molecular complexity index is 783. The van der Waals surface area contributed by atoms with Gasteiger partial charge >= 0.3 is 0 Å². The van der Waals surface area contributed by atoms with Gasteiger partial charge in [-0.1, -0.05) is 6.07 Å². The number of nitrogens with one attached hydrogen (secondary N) is 2. The van der Waals surface area contributed by atoms with Gasteiger partial charge in [0.15, 0.2) is 5.96 Å². The largest absolute Gasteiger partial charge is 0.497 e. The highest BCUT2D eigenvalue weighted by Gasteiger charge is 2.08. The fraction of sp³-hybridized carbons (Fsp3) is 0.429. The predicted molar refractivity (Wildman–Crippen MR) is 113 cm³/mol. The van der Waals surface area contributed by atoms with Crippen molar-refractivity contribution in [2.45, 2.75) is 20.0 Å². The number of ether oxygens (including phenoxy) is 4. The highest BCUT2D eigenvalue weighted by atomic mass is 16.5. The smallest absolute Gasteiger partial charge is 0.218 e. The third kappa shape index (κ3) is 7.15. The van der Waals surface area contributed by atoms with E-state index in [1.165, 1.54) is 0 Å². The molecule has 0 aliphatic rings. The zero-order valence-electron chi connectivity index (χ0n) is 17.5. The lowest BCUT2D eigenvalue weighted by molar-refractivity contribution is 0.143. The standard InChI is InChI=1S/C21H30N4O4/c1-5-22-21(24-14-16-8-9-18(27-3)13-19(16)28-4)25-15-17-7-6-10-23-20(17)29-12-11-26-2/h6-10,13H,5,11-12,14-15H2,1-4H3,(H2,22,24,25). The van der Waals surface area contributed by atoms with Crippen LogP contribution in [0.25, 0.3) is 0 Å². The summed E-state index contributed by atoms with van der Waals surface area (Å²) in [4.78, 5) is 8.95. The monoisotopic (exact) mass is 402 g/mol. The van der Waals surface area contributed by atoms with E-state index in [2.05, 4.69) is 20.6 Å². The lowest BCUT2D eigenvalue weighted by Gasteiger charge is -2.14. The molecule has 2 N–H and O–H groups in total. The van der Waals surface area contributed by atoms with Crippen molar-refractivity contribution in [2.24, 2.45) is 4.99 Å². The highest BCUT2D eigenvalue weighted by Crippen LogP contribution is 2.24. The Morgan fingerprint density at radius 3 is 2.62 bits per heavy atom. The van der Waals surface area contributed by atoms with Crippen LogP contribution in [0.3, 0.4) is 0 Å². The van der Waals surface area contributed by atoms with Crippen molar-refractivity contribution in [3.8, 4) is 17.4 Å². The molecule has 0 aliphatic heterocycles. The van der Waals surface area contributed by atoms with E-state index >= 15 is 0 Å². The number of nitrogens with zero attached hydrogens (tertiary/aromatic N) is 2. The summed E-state index contributed by atoms with van der Waals surface area (Å²) < 4.78 is 21.4. The van der Waals surface area contributed by atoms with Crippen LogP contribution in [0.4, 0.5) is 0 Å². The average Bonchev–Trinajstić information content (AvgIpc) is 2.76. The van der Waals surface area contributed by atoms with Crippen molar-refractivity contribution >= 4 is 5.96 Å². The number of pyridine rings is 1. The predicted octanol–water partition coefficient (Wildman–Crippen LogP) is 2.38. The van der Waals surface area contributed by atoms with Gasteiger partial charge in [0.1, 0.15) is 18.1 Å². The maximum absolute atomic E-state index is 5.68. The topological polar surface area (TPSA) is 86.2 Å². The summed E-state index contributed by atoms with van der Waals surface area (Å²) in [6.07, 6.45) is 1.70. The van der Waals surface area contributed by atoms with Crippen LogP contribution < -0.4 is 24.8 Å². The molecule has 1 aromatic carbocycles. The number of benzene rings is 1. The first-order valence-corrected chi connectivity index (χ1v) is 9.50. The first kappa shape index (κ1) is 22.3. The van der Waals surface area contributed by atoms with Gasteiger partial charge < -0.3 is 29.6 Å². The Hall–Kier alpha value is -3.00. The van der Waals surface area contributed by atoms with Crippen molar-refractivity contribution in [1.29, 1.82) is 0 Å². The van der Waals surface area contributed by atoms with Crippen LogP contribution >= 0.6 is 0 Å². The molecule has 0 unspecified atom stereocenters. The van der Waals surface area contributed by atoms with E-state index in [1.807, 2.05) is 37.3 Å². The molecule has 0 aliphatic carbocycles. The molecule has 1 aromatic heterocycles. The van der Waals surface area contributed by atoms with Crippen molar-refractivity contribution in [1.82, 2.24) is 15.6 Å². The summed E-state index contributed by atoms with van der Waals surface area (Å²) in [5.41, 5.74) is 1.91. The molecule has 8 nitrogen and oxygen atoms in total. The zero-order valence-corrected chi connectivity index (χ0v) is 17.5. The summed E-state index contributed by atoms with van der Waals surface area (Å²) in [6, 6.07) is 9.56. The fourth-order valence-electron chi connectivity index (χ4n) is 2.58. The second-order valence-electron chi connectivity index (χ2n) is 6.04. The second-order valence-corrected chi connectivity index (χ2v) is 6.04. The molecule has 0 saturated carbocycles. The minimum Gasteiger partial charge on any atom is -0.497 e. The van der Waals surface area contributed by atoms with E-state index in [1.54, 1.807) is 27.5 Å². The van der Waals surface area contributed by atoms with Crippen LogP contribution in [0, 0.1) is 0 Å². The molecular formula is C21H30N4O4. The Morgan fingerprint density at radius 2 is 1.90 bits per heavy atom. The fourth-order valence-corrected chi connectivity index (χ4v) is 2.58. The highest BCUT2D eigenvalue weighted by molar-refractivity contribution is 5.79. The van der Waals surface area contributed by atoms with Gasteiger partial charge in [0.05, 0.1) is 27.4 Å². The molecule has 2 aromatic rings. The van der Waals surface area contributed by atoms with Gasteiger partial charge in [-0.3, -0.25) is 0 Å². The maximum Gasteiger partial charge on any atom is 0.218 e. The van der Waals surface area contributed by atoms with E-state index in [-0.39, 0.29) is 0 Å². The molecule has 1 heterocycles. The molecule has 0 atom stereocenters. The number of aliphatic imine (C=N–C) groups is 1. The van der Waals surface area contributed by atoms with Crippen LogP contribution in [0.2, 0.25) is 0 Å². The lowest BCUT2D eigenvalue weighted by Crippen LogP contribution is -2.36. The summed E-state index contributed by atoms with van der Waals surface area (Å²) in [7, 11) is 4.92. The number of hydrogen-bond donors (Lipinski definition) is 2. The van der Waals surface area contributed by atoms with Gasteiger partial charge in [-0.05, 0) is 25.1 Å². The molecule has 0 bridgehead atoms. The van der Waals surface area contributed by atoms with Gasteiger partial charge in [0.2, 0.25) is 5.88 Å². The van der Waals surface area contributed by atoms with Crippen LogP contribution in [-0.2, 0) is 17.8 Å². The minimum atomic E-state index is 0.436. The zero-order chi connectivity index (χ0) is 20.9. The minimum absolute atomic E-state index is 0.436. The SMILES string of the molecule is CCNC(=NCc1cccnc1OCCOC)NCc1ccc(OC)cc1OC. The number of rotatable bonds is 11. The van der Waals surface area contributed by atoms with Crippen LogP contribution in [-0.4, -0.2) is 52.0 Å². The van der Waals surface area contributed by atoms with Crippen LogP contribution in [0.1, 0.15) is 18.1 Å². The van der Waals surface area contributed by atoms with E-state index in [0.717, 1.165) is 29.2 Å². The Morgan fingerprint density at radius 1 is 1.03 bits per heavy atom. The summed E-state index contributed by atoms with van der Waals surface area (Å²) >= 11 is 0. The van der Waals surface area contributed by atoms with Gasteiger partial charge in [0.25, 0.3) is 0 Å². The first-order chi connectivity index (χ1) is 14.2. The molecule has 0 fully saturated rings. The summed E-state index contributed by atoms with van der Waals surface area (Å²) in [5.74, 6) is 2.77. The summed E-state index contributed by atoms with van der Waals surface area (Å²) in [6.45, 7) is 4.71. The van der Waals surface area contributed by atoms with E-state index < -0.39 is 0 Å². The van der Waals surface area contributed by atoms with Crippen molar-refractivity contribution in [3.05, 3.63) is 47.7 Å². The van der Waals surface area contributed by atoms with Crippen LogP contribution in [0.5, 0.6) is 17.4 Å². The Labute approximate surface area is 172 Å². The van der Waals surface area contributed by atoms with Gasteiger partial charge in [0, 0.05) is 43.6 Å². The molecule has 0 radical (unpaired) electrons. The molecule has 0 amide bonds. The van der Waals surface area contributed by atoms with Crippen molar-refractivity contribution in [3.63, 3.8) is 0 Å². The molecule has 29 heavy (non-hydrogen) atoms. The number of guanidine groups is 1. The molecule has 0 saturated heterocycles. The van der Waals surface area contributed by atoms with Gasteiger partial charge in [-0.2, -0.15) is 0 Å². The Kier molecular flexibility index (Phi) is 9.57. The lowest BCUT2D eigenvalue weighted by atomic mass is 10.2. The number of aromatic nitrogens is 1. The van der Waals surface area contributed by atoms with Gasteiger partial charge in [-0.15, -0.1) is 0 Å². The molecule has 8 heteroatoms. The molecule has 0 spiro atoms. The average molecular weight is 402 g/mol. The normalized spacial score (nSPS) is 11.1. The van der Waals surface area contributed by atoms with Crippen LogP contribution in [0.15, 0.2) is 41.5 Å². The third-order valence-corrected chi connectivity index (χ3v) is 4.07. The van der Waals surface area contributed by atoms with Crippen molar-refractivity contribution in [2.75, 3.05) is 41.1 Å². The van der Waals surface area contributed by atoms with Gasteiger partial charge in [-0.25, -0.2) is 9.98 Å². The molecule has 158 valence electrons. The number of methoxy groups -OCH3 is 3. The third-order valence-electron chi connectivity index (χ3n) is 4.07. The maximum atomic E-state index is 5.68. The van der Waals surface area contributed by atoms with E-state index in [4.69, 9.17) is 18.9 Å².